The number of rotatable bonds is 5. The molecule has 2 N–H and O–H groups in total. The normalized spacial score (nSPS) is 10.9. The molecule has 0 fully saturated rings. The van der Waals surface area contributed by atoms with E-state index in [0.717, 1.165) is 22.6 Å². The van der Waals surface area contributed by atoms with Crippen molar-refractivity contribution in [3.05, 3.63) is 35.2 Å². The van der Waals surface area contributed by atoms with Crippen molar-refractivity contribution >= 4 is 23.4 Å². The van der Waals surface area contributed by atoms with Crippen LogP contribution in [0.25, 0.3) is 0 Å². The number of anilines is 1. The summed E-state index contributed by atoms with van der Waals surface area (Å²) in [5.41, 5.74) is 3.04. The van der Waals surface area contributed by atoms with E-state index in [0.29, 0.717) is 16.8 Å². The van der Waals surface area contributed by atoms with Crippen molar-refractivity contribution in [2.75, 3.05) is 11.1 Å². The van der Waals surface area contributed by atoms with Crippen molar-refractivity contribution in [1.82, 2.24) is 15.2 Å². The van der Waals surface area contributed by atoms with E-state index in [1.165, 1.54) is 11.8 Å². The first-order chi connectivity index (χ1) is 9.95. The molecule has 0 spiro atoms. The van der Waals surface area contributed by atoms with Gasteiger partial charge in [-0.15, -0.1) is 5.10 Å². The first kappa shape index (κ1) is 15.6. The lowest BCUT2D eigenvalue weighted by Gasteiger charge is -2.08. The summed E-state index contributed by atoms with van der Waals surface area (Å²) in [4.78, 5) is 16.3. The number of aryl methyl sites for hydroxylation is 2. The van der Waals surface area contributed by atoms with Crippen LogP contribution in [0, 0.1) is 13.8 Å². The Morgan fingerprint density at radius 2 is 2.14 bits per heavy atom. The molecule has 1 aromatic heterocycles. The fraction of sp³-hybridized carbons (Fsp3) is 0.400. The standard InChI is InChI=1S/C15H20N4OS/c1-9(2)14-17-15(19-18-14)21-8-13(20)16-12-7-10(3)5-6-11(12)4/h5-7,9H,8H2,1-4H3,(H,16,20)(H,17,18,19). The van der Waals surface area contributed by atoms with Crippen LogP contribution in [0.3, 0.4) is 0 Å². The van der Waals surface area contributed by atoms with Gasteiger partial charge in [-0.05, 0) is 31.0 Å². The second kappa shape index (κ2) is 6.76. The number of aromatic nitrogens is 3. The quantitative estimate of drug-likeness (QED) is 0.832. The Labute approximate surface area is 128 Å². The van der Waals surface area contributed by atoms with Gasteiger partial charge in [0.2, 0.25) is 11.1 Å². The molecule has 0 unspecified atom stereocenters. The van der Waals surface area contributed by atoms with Gasteiger partial charge in [-0.1, -0.05) is 37.7 Å². The molecule has 0 radical (unpaired) electrons. The van der Waals surface area contributed by atoms with Crippen LogP contribution in [0.4, 0.5) is 5.69 Å². The zero-order chi connectivity index (χ0) is 15.4. The fourth-order valence-electron chi connectivity index (χ4n) is 1.77. The fourth-order valence-corrected chi connectivity index (χ4v) is 2.37. The summed E-state index contributed by atoms with van der Waals surface area (Å²) < 4.78 is 0. The van der Waals surface area contributed by atoms with Gasteiger partial charge < -0.3 is 5.32 Å². The number of carbonyl (C=O) groups is 1. The smallest absolute Gasteiger partial charge is 0.234 e. The molecular formula is C15H20N4OS. The highest BCUT2D eigenvalue weighted by molar-refractivity contribution is 7.99. The molecule has 21 heavy (non-hydrogen) atoms. The number of aromatic amines is 1. The van der Waals surface area contributed by atoms with Gasteiger partial charge in [0.25, 0.3) is 0 Å². The number of nitrogens with one attached hydrogen (secondary N) is 2. The lowest BCUT2D eigenvalue weighted by Crippen LogP contribution is -2.15. The predicted molar refractivity (Wildman–Crippen MR) is 85.7 cm³/mol. The second-order valence-corrected chi connectivity index (χ2v) is 6.26. The van der Waals surface area contributed by atoms with E-state index < -0.39 is 0 Å². The number of H-pyrrole nitrogens is 1. The number of amides is 1. The summed E-state index contributed by atoms with van der Waals surface area (Å²) in [6, 6.07) is 6.00. The molecule has 0 aliphatic rings. The first-order valence-corrected chi connectivity index (χ1v) is 7.86. The van der Waals surface area contributed by atoms with E-state index >= 15 is 0 Å². The van der Waals surface area contributed by atoms with Gasteiger partial charge in [0.05, 0.1) is 5.75 Å². The van der Waals surface area contributed by atoms with Crippen LogP contribution >= 0.6 is 11.8 Å². The summed E-state index contributed by atoms with van der Waals surface area (Å²) in [6.07, 6.45) is 0. The molecule has 2 aromatic rings. The van der Waals surface area contributed by atoms with Crippen LogP contribution < -0.4 is 5.32 Å². The van der Waals surface area contributed by atoms with Crippen molar-refractivity contribution < 1.29 is 4.79 Å². The predicted octanol–water partition coefficient (Wildman–Crippen LogP) is 3.28. The van der Waals surface area contributed by atoms with Gasteiger partial charge >= 0.3 is 0 Å². The molecule has 1 aromatic carbocycles. The third-order valence-corrected chi connectivity index (χ3v) is 3.88. The van der Waals surface area contributed by atoms with E-state index in [4.69, 9.17) is 0 Å². The molecule has 0 atom stereocenters. The summed E-state index contributed by atoms with van der Waals surface area (Å²) in [5.74, 6) is 1.38. The van der Waals surface area contributed by atoms with Gasteiger partial charge in [0.15, 0.2) is 0 Å². The summed E-state index contributed by atoms with van der Waals surface area (Å²) in [7, 11) is 0. The zero-order valence-electron chi connectivity index (χ0n) is 12.7. The molecule has 0 aliphatic carbocycles. The molecular weight excluding hydrogens is 284 g/mol. The highest BCUT2D eigenvalue weighted by Crippen LogP contribution is 2.19. The van der Waals surface area contributed by atoms with Crippen molar-refractivity contribution in [1.29, 1.82) is 0 Å². The molecule has 1 heterocycles. The molecule has 6 heteroatoms. The summed E-state index contributed by atoms with van der Waals surface area (Å²) in [6.45, 7) is 8.07. The van der Waals surface area contributed by atoms with E-state index in [1.54, 1.807) is 0 Å². The topological polar surface area (TPSA) is 70.7 Å². The average molecular weight is 304 g/mol. The Morgan fingerprint density at radius 1 is 1.38 bits per heavy atom. The maximum Gasteiger partial charge on any atom is 0.234 e. The Kier molecular flexibility index (Phi) is 5.01. The third-order valence-electron chi connectivity index (χ3n) is 3.03. The lowest BCUT2D eigenvalue weighted by atomic mass is 10.1. The maximum atomic E-state index is 12.0. The van der Waals surface area contributed by atoms with Crippen molar-refractivity contribution in [3.8, 4) is 0 Å². The van der Waals surface area contributed by atoms with Crippen molar-refractivity contribution in [2.45, 2.75) is 38.8 Å². The molecule has 0 bridgehead atoms. The van der Waals surface area contributed by atoms with Crippen LogP contribution in [0.5, 0.6) is 0 Å². The lowest BCUT2D eigenvalue weighted by molar-refractivity contribution is -0.113. The highest BCUT2D eigenvalue weighted by Gasteiger charge is 2.10. The van der Waals surface area contributed by atoms with Crippen LogP contribution in [-0.4, -0.2) is 26.8 Å². The molecule has 2 rings (SSSR count). The zero-order valence-corrected chi connectivity index (χ0v) is 13.5. The second-order valence-electron chi connectivity index (χ2n) is 5.31. The van der Waals surface area contributed by atoms with E-state index in [2.05, 4.69) is 20.5 Å². The molecule has 0 aliphatic heterocycles. The number of carbonyl (C=O) groups excluding carboxylic acids is 1. The van der Waals surface area contributed by atoms with Gasteiger partial charge in [-0.25, -0.2) is 4.98 Å². The first-order valence-electron chi connectivity index (χ1n) is 6.88. The highest BCUT2D eigenvalue weighted by atomic mass is 32.2. The van der Waals surface area contributed by atoms with Crippen LogP contribution in [0.15, 0.2) is 23.4 Å². The minimum absolute atomic E-state index is 0.0513. The van der Waals surface area contributed by atoms with Gasteiger partial charge in [0, 0.05) is 11.6 Å². The third kappa shape index (κ3) is 4.32. The van der Waals surface area contributed by atoms with E-state index in [1.807, 2.05) is 45.9 Å². The number of thioether (sulfide) groups is 1. The molecule has 112 valence electrons. The average Bonchev–Trinajstić information content (AvgIpc) is 2.90. The summed E-state index contributed by atoms with van der Waals surface area (Å²) in [5, 5.41) is 10.5. The number of benzene rings is 1. The largest absolute Gasteiger partial charge is 0.325 e. The Balaban J connectivity index is 1.91. The van der Waals surface area contributed by atoms with Gasteiger partial charge in [-0.2, -0.15) is 0 Å². The van der Waals surface area contributed by atoms with E-state index in [-0.39, 0.29) is 5.91 Å². The van der Waals surface area contributed by atoms with E-state index in [9.17, 15) is 4.79 Å². The monoisotopic (exact) mass is 304 g/mol. The molecule has 0 saturated carbocycles. The Bertz CT molecular complexity index is 636. The van der Waals surface area contributed by atoms with Crippen LogP contribution in [-0.2, 0) is 4.79 Å². The Morgan fingerprint density at radius 3 is 2.81 bits per heavy atom. The number of hydrogen-bond donors (Lipinski definition) is 2. The number of hydrogen-bond acceptors (Lipinski definition) is 4. The SMILES string of the molecule is Cc1ccc(C)c(NC(=O)CSc2n[nH]c(C(C)C)n2)c1. The molecule has 0 saturated heterocycles. The minimum atomic E-state index is -0.0513. The Hall–Kier alpha value is -1.82. The van der Waals surface area contributed by atoms with Crippen LogP contribution in [0.1, 0.15) is 36.7 Å². The van der Waals surface area contributed by atoms with Gasteiger partial charge in [0.1, 0.15) is 5.82 Å². The molecule has 5 nitrogen and oxygen atoms in total. The van der Waals surface area contributed by atoms with Crippen molar-refractivity contribution in [3.63, 3.8) is 0 Å². The summed E-state index contributed by atoms with van der Waals surface area (Å²) >= 11 is 1.33. The maximum absolute atomic E-state index is 12.0. The minimum Gasteiger partial charge on any atom is -0.325 e. The van der Waals surface area contributed by atoms with Gasteiger partial charge in [-0.3, -0.25) is 9.89 Å². The van der Waals surface area contributed by atoms with Crippen LogP contribution in [0.2, 0.25) is 0 Å². The van der Waals surface area contributed by atoms with Crippen molar-refractivity contribution in [2.24, 2.45) is 0 Å². The molecule has 1 amide bonds. The number of nitrogens with zero attached hydrogens (tertiary/aromatic N) is 2.